The quantitative estimate of drug-likeness (QED) is 0.779. The fraction of sp³-hybridized carbons (Fsp3) is 0.176. The second-order valence-corrected chi connectivity index (χ2v) is 5.35. The third-order valence-electron chi connectivity index (χ3n) is 3.57. The first-order chi connectivity index (χ1) is 11.6. The van der Waals surface area contributed by atoms with Crippen LogP contribution in [0.4, 0.5) is 5.69 Å². The van der Waals surface area contributed by atoms with Gasteiger partial charge in [-0.15, -0.1) is 5.10 Å². The van der Waals surface area contributed by atoms with E-state index in [-0.39, 0.29) is 12.5 Å². The fourth-order valence-corrected chi connectivity index (χ4v) is 2.25. The number of hydrogen-bond acceptors (Lipinski definition) is 5. The minimum Gasteiger partial charge on any atom is -0.484 e. The molecular formula is C17H17N5O2. The first-order valence-electron chi connectivity index (χ1n) is 7.46. The van der Waals surface area contributed by atoms with Crippen molar-refractivity contribution in [2.24, 2.45) is 0 Å². The average molecular weight is 323 g/mol. The fourth-order valence-electron chi connectivity index (χ4n) is 2.25. The van der Waals surface area contributed by atoms with Crippen LogP contribution in [0.5, 0.6) is 5.75 Å². The molecule has 3 rings (SSSR count). The number of carbonyl (C=O) groups excluding carboxylic acids is 1. The average Bonchev–Trinajstić information content (AvgIpc) is 3.10. The predicted octanol–water partition coefficient (Wildman–Crippen LogP) is 2.30. The number of ether oxygens (including phenoxy) is 1. The number of aromatic nitrogens is 4. The van der Waals surface area contributed by atoms with Gasteiger partial charge in [0.15, 0.2) is 6.61 Å². The van der Waals surface area contributed by atoms with Crippen molar-refractivity contribution in [2.45, 2.75) is 13.8 Å². The lowest BCUT2D eigenvalue weighted by molar-refractivity contribution is -0.118. The van der Waals surface area contributed by atoms with E-state index in [1.165, 1.54) is 6.33 Å². The molecule has 0 spiro atoms. The molecular weight excluding hydrogens is 306 g/mol. The van der Waals surface area contributed by atoms with Gasteiger partial charge >= 0.3 is 0 Å². The van der Waals surface area contributed by atoms with E-state index in [0.717, 1.165) is 16.8 Å². The maximum Gasteiger partial charge on any atom is 0.262 e. The van der Waals surface area contributed by atoms with E-state index < -0.39 is 0 Å². The molecule has 7 nitrogen and oxygen atoms in total. The molecule has 0 aliphatic heterocycles. The highest BCUT2D eigenvalue weighted by atomic mass is 16.5. The summed E-state index contributed by atoms with van der Waals surface area (Å²) in [7, 11) is 0. The molecule has 0 atom stereocenters. The lowest BCUT2D eigenvalue weighted by Gasteiger charge is -2.12. The van der Waals surface area contributed by atoms with Gasteiger partial charge in [-0.3, -0.25) is 4.79 Å². The summed E-state index contributed by atoms with van der Waals surface area (Å²) in [5.74, 6) is 0.433. The number of amides is 1. The lowest BCUT2D eigenvalue weighted by Crippen LogP contribution is -2.21. The molecule has 1 amide bonds. The molecule has 0 aliphatic rings. The van der Waals surface area contributed by atoms with Crippen LogP contribution < -0.4 is 10.1 Å². The summed E-state index contributed by atoms with van der Waals surface area (Å²) < 4.78 is 7.04. The molecule has 1 N–H and O–H groups in total. The highest BCUT2D eigenvalue weighted by molar-refractivity contribution is 5.93. The number of rotatable bonds is 5. The maximum atomic E-state index is 12.1. The van der Waals surface area contributed by atoms with E-state index in [0.29, 0.717) is 11.4 Å². The molecule has 2 aromatic carbocycles. The van der Waals surface area contributed by atoms with E-state index in [9.17, 15) is 4.79 Å². The zero-order chi connectivity index (χ0) is 16.9. The monoisotopic (exact) mass is 323 g/mol. The van der Waals surface area contributed by atoms with Gasteiger partial charge in [-0.2, -0.15) is 0 Å². The van der Waals surface area contributed by atoms with Gasteiger partial charge in [-0.05, 0) is 54.1 Å². The van der Waals surface area contributed by atoms with Gasteiger partial charge in [0.05, 0.1) is 5.69 Å². The molecule has 1 aromatic heterocycles. The summed E-state index contributed by atoms with van der Waals surface area (Å²) >= 11 is 0. The van der Waals surface area contributed by atoms with Crippen LogP contribution in [-0.2, 0) is 4.79 Å². The van der Waals surface area contributed by atoms with Crippen molar-refractivity contribution in [2.75, 3.05) is 11.9 Å². The number of benzene rings is 2. The first kappa shape index (κ1) is 15.7. The summed E-state index contributed by atoms with van der Waals surface area (Å²) in [6.45, 7) is 3.84. The smallest absolute Gasteiger partial charge is 0.262 e. The number of carbonyl (C=O) groups is 1. The van der Waals surface area contributed by atoms with Crippen molar-refractivity contribution < 1.29 is 9.53 Å². The first-order valence-corrected chi connectivity index (χ1v) is 7.46. The standard InChI is InChI=1S/C17H17N5O2/c1-12-6-8-14(9-7-12)24-10-17(23)19-15-4-3-5-16(13(15)2)22-11-18-20-21-22/h3-9,11H,10H2,1-2H3,(H,19,23). The molecule has 0 radical (unpaired) electrons. The zero-order valence-electron chi connectivity index (χ0n) is 13.4. The molecule has 0 aliphatic carbocycles. The van der Waals surface area contributed by atoms with Crippen molar-refractivity contribution >= 4 is 11.6 Å². The van der Waals surface area contributed by atoms with Gasteiger partial charge in [0, 0.05) is 5.69 Å². The summed E-state index contributed by atoms with van der Waals surface area (Å²) in [5, 5.41) is 14.0. The molecule has 0 saturated heterocycles. The summed E-state index contributed by atoms with van der Waals surface area (Å²) in [6.07, 6.45) is 1.51. The molecule has 122 valence electrons. The topological polar surface area (TPSA) is 81.9 Å². The van der Waals surface area contributed by atoms with E-state index in [2.05, 4.69) is 20.8 Å². The molecule has 0 unspecified atom stereocenters. The molecule has 0 bridgehead atoms. The van der Waals surface area contributed by atoms with Crippen LogP contribution in [-0.4, -0.2) is 32.7 Å². The minimum absolute atomic E-state index is 0.0579. The number of tetrazole rings is 1. The number of nitrogens with one attached hydrogen (secondary N) is 1. The van der Waals surface area contributed by atoms with Crippen LogP contribution in [0.3, 0.4) is 0 Å². The lowest BCUT2D eigenvalue weighted by atomic mass is 10.1. The minimum atomic E-state index is -0.229. The Morgan fingerprint density at radius 2 is 1.96 bits per heavy atom. The Kier molecular flexibility index (Phi) is 4.51. The summed E-state index contributed by atoms with van der Waals surface area (Å²) in [4.78, 5) is 12.1. The number of nitrogens with zero attached hydrogens (tertiary/aromatic N) is 4. The van der Waals surface area contributed by atoms with Crippen molar-refractivity contribution in [1.29, 1.82) is 0 Å². The van der Waals surface area contributed by atoms with Crippen LogP contribution in [0.2, 0.25) is 0 Å². The van der Waals surface area contributed by atoms with Crippen molar-refractivity contribution in [3.05, 3.63) is 59.9 Å². The molecule has 0 fully saturated rings. The van der Waals surface area contributed by atoms with Crippen LogP contribution in [0.25, 0.3) is 5.69 Å². The molecule has 7 heteroatoms. The Bertz CT molecular complexity index is 829. The number of anilines is 1. The number of aryl methyl sites for hydroxylation is 1. The van der Waals surface area contributed by atoms with Crippen LogP contribution in [0.1, 0.15) is 11.1 Å². The Labute approximate surface area is 139 Å². The van der Waals surface area contributed by atoms with E-state index in [1.54, 1.807) is 4.68 Å². The second-order valence-electron chi connectivity index (χ2n) is 5.35. The third kappa shape index (κ3) is 3.57. The Morgan fingerprint density at radius 1 is 1.17 bits per heavy atom. The Hall–Kier alpha value is -3.22. The summed E-state index contributed by atoms with van der Waals surface area (Å²) in [5.41, 5.74) is 3.51. The van der Waals surface area contributed by atoms with Gasteiger partial charge < -0.3 is 10.1 Å². The SMILES string of the molecule is Cc1ccc(OCC(=O)Nc2cccc(-n3cnnn3)c2C)cc1. The molecule has 3 aromatic rings. The molecule has 24 heavy (non-hydrogen) atoms. The van der Waals surface area contributed by atoms with Crippen molar-refractivity contribution in [3.8, 4) is 11.4 Å². The van der Waals surface area contributed by atoms with Crippen LogP contribution in [0, 0.1) is 13.8 Å². The Balaban J connectivity index is 1.66. The maximum absolute atomic E-state index is 12.1. The Morgan fingerprint density at radius 3 is 2.67 bits per heavy atom. The van der Waals surface area contributed by atoms with E-state index >= 15 is 0 Å². The van der Waals surface area contributed by atoms with Crippen molar-refractivity contribution in [3.63, 3.8) is 0 Å². The highest BCUT2D eigenvalue weighted by Crippen LogP contribution is 2.21. The van der Waals surface area contributed by atoms with Gasteiger partial charge in [0.25, 0.3) is 5.91 Å². The molecule has 1 heterocycles. The summed E-state index contributed by atoms with van der Waals surface area (Å²) in [6, 6.07) is 13.1. The number of hydrogen-bond donors (Lipinski definition) is 1. The largest absolute Gasteiger partial charge is 0.484 e. The third-order valence-corrected chi connectivity index (χ3v) is 3.57. The van der Waals surface area contributed by atoms with Crippen LogP contribution in [0.15, 0.2) is 48.8 Å². The normalized spacial score (nSPS) is 10.4. The second kappa shape index (κ2) is 6.91. The van der Waals surface area contributed by atoms with Crippen LogP contribution >= 0.6 is 0 Å². The van der Waals surface area contributed by atoms with Gasteiger partial charge in [0.1, 0.15) is 12.1 Å². The predicted molar refractivity (Wildman–Crippen MR) is 89.2 cm³/mol. The van der Waals surface area contributed by atoms with Gasteiger partial charge in [0.2, 0.25) is 0 Å². The molecule has 0 saturated carbocycles. The van der Waals surface area contributed by atoms with E-state index in [1.807, 2.05) is 56.3 Å². The van der Waals surface area contributed by atoms with Crippen molar-refractivity contribution in [1.82, 2.24) is 20.2 Å². The van der Waals surface area contributed by atoms with Gasteiger partial charge in [-0.1, -0.05) is 23.8 Å². The van der Waals surface area contributed by atoms with Gasteiger partial charge in [-0.25, -0.2) is 4.68 Å². The highest BCUT2D eigenvalue weighted by Gasteiger charge is 2.10. The zero-order valence-corrected chi connectivity index (χ0v) is 13.4. The van der Waals surface area contributed by atoms with E-state index in [4.69, 9.17) is 4.74 Å².